The number of hydrogen-bond acceptors (Lipinski definition) is 3. The lowest BCUT2D eigenvalue weighted by atomic mass is 9.76. The molecule has 5 rings (SSSR count). The molecule has 0 saturated heterocycles. The molecule has 4 bridgehead atoms. The van der Waals surface area contributed by atoms with E-state index in [1.165, 1.54) is 37.7 Å². The Morgan fingerprint density at radius 3 is 2.54 bits per heavy atom. The van der Waals surface area contributed by atoms with Crippen molar-refractivity contribution in [2.75, 3.05) is 6.54 Å². The van der Waals surface area contributed by atoms with E-state index in [1.807, 2.05) is 18.2 Å². The van der Waals surface area contributed by atoms with Crippen LogP contribution in [-0.2, 0) is 10.5 Å². The molecule has 2 N–H and O–H groups in total. The molecule has 4 aliphatic carbocycles. The molecular formula is C20H26N2OS. The average Bonchev–Trinajstić information content (AvgIpc) is 2.98. The first-order valence-electron chi connectivity index (χ1n) is 9.02. The third-order valence-electron chi connectivity index (χ3n) is 6.03. The van der Waals surface area contributed by atoms with Crippen molar-refractivity contribution in [1.29, 1.82) is 0 Å². The van der Waals surface area contributed by atoms with Crippen molar-refractivity contribution in [2.45, 2.75) is 43.4 Å². The van der Waals surface area contributed by atoms with Gasteiger partial charge in [0.25, 0.3) is 0 Å². The van der Waals surface area contributed by atoms with Crippen molar-refractivity contribution in [3.63, 3.8) is 0 Å². The monoisotopic (exact) mass is 342 g/mol. The van der Waals surface area contributed by atoms with Gasteiger partial charge in [0.1, 0.15) is 0 Å². The van der Waals surface area contributed by atoms with E-state index in [1.54, 1.807) is 11.8 Å². The minimum Gasteiger partial charge on any atom is -0.371 e. The molecule has 4 saturated carbocycles. The van der Waals surface area contributed by atoms with Crippen LogP contribution in [0.25, 0.3) is 0 Å². The molecule has 2 unspecified atom stereocenters. The van der Waals surface area contributed by atoms with E-state index in [-0.39, 0.29) is 11.4 Å². The number of rotatable bonds is 7. The van der Waals surface area contributed by atoms with E-state index < -0.39 is 0 Å². The highest BCUT2D eigenvalue weighted by atomic mass is 32.2. The van der Waals surface area contributed by atoms with Crippen LogP contribution in [0.3, 0.4) is 0 Å². The molecule has 2 atom stereocenters. The summed E-state index contributed by atoms with van der Waals surface area (Å²) >= 11 is 1.65. The number of carbonyl (C=O) groups is 1. The van der Waals surface area contributed by atoms with Gasteiger partial charge in [0, 0.05) is 11.3 Å². The topological polar surface area (TPSA) is 41.1 Å². The van der Waals surface area contributed by atoms with Gasteiger partial charge in [-0.1, -0.05) is 36.9 Å². The molecule has 4 aliphatic rings. The zero-order chi connectivity index (χ0) is 16.6. The second-order valence-corrected chi connectivity index (χ2v) is 8.92. The lowest BCUT2D eigenvalue weighted by molar-refractivity contribution is -0.122. The van der Waals surface area contributed by atoms with E-state index in [0.717, 1.165) is 28.5 Å². The van der Waals surface area contributed by atoms with Crippen molar-refractivity contribution in [2.24, 2.45) is 17.8 Å². The molecule has 4 heteroatoms. The molecule has 0 radical (unpaired) electrons. The molecule has 0 heterocycles. The Balaban J connectivity index is 1.20. The van der Waals surface area contributed by atoms with Crippen LogP contribution in [0.5, 0.6) is 0 Å². The fraction of sp³-hybridized carbons (Fsp3) is 0.550. The third-order valence-corrected chi connectivity index (χ3v) is 7.00. The van der Waals surface area contributed by atoms with Crippen molar-refractivity contribution in [3.05, 3.63) is 47.5 Å². The first-order valence-corrected chi connectivity index (χ1v) is 10.0. The Kier molecular flexibility index (Phi) is 4.33. The highest BCUT2D eigenvalue weighted by Crippen LogP contribution is 2.59. The molecular weight excluding hydrogens is 316 g/mol. The molecule has 0 aliphatic heterocycles. The lowest BCUT2D eigenvalue weighted by Crippen LogP contribution is -2.52. The molecule has 0 aromatic heterocycles. The summed E-state index contributed by atoms with van der Waals surface area (Å²) in [5.74, 6) is 3.64. The first kappa shape index (κ1) is 16.1. The van der Waals surface area contributed by atoms with Crippen LogP contribution in [0.1, 0.15) is 37.7 Å². The van der Waals surface area contributed by atoms with Gasteiger partial charge in [0.2, 0.25) is 5.91 Å². The maximum Gasteiger partial charge on any atom is 0.239 e. The smallest absolute Gasteiger partial charge is 0.239 e. The summed E-state index contributed by atoms with van der Waals surface area (Å²) in [5.41, 5.74) is 1.39. The quantitative estimate of drug-likeness (QED) is 0.794. The fourth-order valence-corrected chi connectivity index (χ4v) is 5.99. The van der Waals surface area contributed by atoms with E-state index in [0.29, 0.717) is 6.54 Å². The maximum atomic E-state index is 12.4. The van der Waals surface area contributed by atoms with Crippen molar-refractivity contribution < 1.29 is 4.79 Å². The third kappa shape index (κ3) is 3.34. The molecule has 3 nitrogen and oxygen atoms in total. The van der Waals surface area contributed by atoms with Crippen molar-refractivity contribution >= 4 is 17.7 Å². The molecule has 1 aromatic carbocycles. The summed E-state index contributed by atoms with van der Waals surface area (Å²) < 4.78 is 0. The van der Waals surface area contributed by atoms with Crippen LogP contribution < -0.4 is 10.6 Å². The number of carbonyl (C=O) groups excluding carboxylic acids is 1. The van der Waals surface area contributed by atoms with Crippen molar-refractivity contribution in [1.82, 2.24) is 10.6 Å². The van der Waals surface area contributed by atoms with Gasteiger partial charge in [0.05, 0.1) is 11.6 Å². The van der Waals surface area contributed by atoms with Crippen LogP contribution >= 0.6 is 11.8 Å². The number of benzene rings is 1. The zero-order valence-corrected chi connectivity index (χ0v) is 14.9. The molecule has 0 spiro atoms. The van der Waals surface area contributed by atoms with Gasteiger partial charge in [-0.05, 0) is 55.4 Å². The lowest BCUT2D eigenvalue weighted by Gasteiger charge is -2.39. The van der Waals surface area contributed by atoms with Gasteiger partial charge in [-0.15, -0.1) is 11.8 Å². The van der Waals surface area contributed by atoms with Crippen LogP contribution in [-0.4, -0.2) is 18.0 Å². The largest absolute Gasteiger partial charge is 0.371 e. The fourth-order valence-electron chi connectivity index (χ4n) is 5.28. The first-order chi connectivity index (χ1) is 11.6. The number of amides is 1. The Morgan fingerprint density at radius 2 is 1.88 bits per heavy atom. The van der Waals surface area contributed by atoms with Gasteiger partial charge in [0.15, 0.2) is 0 Å². The normalized spacial score (nSPS) is 32.8. The number of nitrogens with one attached hydrogen (secondary N) is 2. The van der Waals surface area contributed by atoms with Crippen molar-refractivity contribution in [3.8, 4) is 0 Å². The predicted molar refractivity (Wildman–Crippen MR) is 99.3 cm³/mol. The Labute approximate surface area is 148 Å². The summed E-state index contributed by atoms with van der Waals surface area (Å²) in [5, 5.41) is 7.40. The zero-order valence-electron chi connectivity index (χ0n) is 14.1. The summed E-state index contributed by atoms with van der Waals surface area (Å²) in [7, 11) is 0. The minimum atomic E-state index is 0.119. The second kappa shape index (κ2) is 6.47. The molecule has 1 amide bonds. The Morgan fingerprint density at radius 1 is 1.17 bits per heavy atom. The Bertz CT molecular complexity index is 610. The van der Waals surface area contributed by atoms with Gasteiger partial charge in [-0.2, -0.15) is 0 Å². The molecule has 4 fully saturated rings. The Hall–Kier alpha value is -1.42. The van der Waals surface area contributed by atoms with Crippen LogP contribution in [0.2, 0.25) is 0 Å². The standard InChI is InChI=1S/C20H26N2OS/c1-14(24-13-15-5-3-2-4-6-15)21-12-19(23)22-20-9-16-7-17(10-20)18(8-16)11-20/h2-6,16-18,21H,1,7-13H2,(H,22,23). The summed E-state index contributed by atoms with van der Waals surface area (Å²) in [6.45, 7) is 4.36. The minimum absolute atomic E-state index is 0.119. The number of hydrogen-bond donors (Lipinski definition) is 2. The SMILES string of the molecule is C=C(NCC(=O)NC12CC3CC(C1)C(C3)C2)SCc1ccccc1. The highest BCUT2D eigenvalue weighted by Gasteiger charge is 2.56. The van der Waals surface area contributed by atoms with Gasteiger partial charge in [-0.25, -0.2) is 0 Å². The predicted octanol–water partition coefficient (Wildman–Crippen LogP) is 3.68. The van der Waals surface area contributed by atoms with E-state index in [9.17, 15) is 4.79 Å². The molecule has 24 heavy (non-hydrogen) atoms. The van der Waals surface area contributed by atoms with E-state index >= 15 is 0 Å². The second-order valence-electron chi connectivity index (χ2n) is 7.85. The summed E-state index contributed by atoms with van der Waals surface area (Å²) in [6.07, 6.45) is 6.45. The highest BCUT2D eigenvalue weighted by molar-refractivity contribution is 8.02. The average molecular weight is 343 g/mol. The van der Waals surface area contributed by atoms with Gasteiger partial charge in [-0.3, -0.25) is 4.79 Å². The summed E-state index contributed by atoms with van der Waals surface area (Å²) in [4.78, 5) is 12.4. The van der Waals surface area contributed by atoms with Crippen LogP contribution in [0.4, 0.5) is 0 Å². The van der Waals surface area contributed by atoms with Crippen LogP contribution in [0, 0.1) is 17.8 Å². The molecule has 128 valence electrons. The van der Waals surface area contributed by atoms with Gasteiger partial charge >= 0.3 is 0 Å². The molecule has 1 aromatic rings. The van der Waals surface area contributed by atoms with E-state index in [4.69, 9.17) is 0 Å². The van der Waals surface area contributed by atoms with Gasteiger partial charge < -0.3 is 10.6 Å². The summed E-state index contributed by atoms with van der Waals surface area (Å²) in [6, 6.07) is 10.3. The van der Waals surface area contributed by atoms with Crippen LogP contribution in [0.15, 0.2) is 41.9 Å². The number of thioether (sulfide) groups is 1. The maximum absolute atomic E-state index is 12.4. The van der Waals surface area contributed by atoms with E-state index in [2.05, 4.69) is 29.3 Å².